The number of hydrogen-bond acceptors (Lipinski definition) is 5. The van der Waals surface area contributed by atoms with E-state index in [9.17, 15) is 0 Å². The zero-order valence-electron chi connectivity index (χ0n) is 14.9. The summed E-state index contributed by atoms with van der Waals surface area (Å²) >= 11 is 1.57. The molecule has 5 nitrogen and oxygen atoms in total. The number of nitrogens with zero attached hydrogens (tertiary/aromatic N) is 2. The summed E-state index contributed by atoms with van der Waals surface area (Å²) in [6.45, 7) is 0. The number of nitrogens with one attached hydrogen (secondary N) is 2. The lowest BCUT2D eigenvalue weighted by molar-refractivity contribution is 0.267. The first-order chi connectivity index (χ1) is 13.3. The SMILES string of the molecule is Nc1nc2ccc(C3Nc4ccc5[nH]ncc5c4C4CCCC[C@H]43)cc2s1. The predicted octanol–water partition coefficient (Wildman–Crippen LogP) is 5.20. The van der Waals surface area contributed by atoms with E-state index in [2.05, 4.69) is 50.8 Å². The van der Waals surface area contributed by atoms with Gasteiger partial charge in [-0.3, -0.25) is 5.10 Å². The molecule has 2 aliphatic rings. The zero-order chi connectivity index (χ0) is 18.0. The van der Waals surface area contributed by atoms with Gasteiger partial charge in [-0.05, 0) is 60.1 Å². The fourth-order valence-corrected chi connectivity index (χ4v) is 6.02. The summed E-state index contributed by atoms with van der Waals surface area (Å²) in [6.07, 6.45) is 7.14. The number of aromatic nitrogens is 3. The van der Waals surface area contributed by atoms with Gasteiger partial charge in [0.25, 0.3) is 0 Å². The molecule has 0 spiro atoms. The molecule has 0 amide bonds. The molecule has 6 rings (SSSR count). The molecule has 0 saturated heterocycles. The quantitative estimate of drug-likeness (QED) is 0.427. The number of nitrogens with two attached hydrogens (primary N) is 1. The monoisotopic (exact) mass is 375 g/mol. The van der Waals surface area contributed by atoms with Gasteiger partial charge >= 0.3 is 0 Å². The smallest absolute Gasteiger partial charge is 0.181 e. The molecule has 1 fully saturated rings. The summed E-state index contributed by atoms with van der Waals surface area (Å²) in [5.74, 6) is 1.19. The Kier molecular flexibility index (Phi) is 3.26. The lowest BCUT2D eigenvalue weighted by atomic mass is 9.67. The third-order valence-electron chi connectivity index (χ3n) is 6.38. The number of hydrogen-bond donors (Lipinski definition) is 3. The van der Waals surface area contributed by atoms with Gasteiger partial charge in [0.05, 0.1) is 28.0 Å². The first-order valence-electron chi connectivity index (χ1n) is 9.66. The van der Waals surface area contributed by atoms with Crippen LogP contribution in [0.25, 0.3) is 21.1 Å². The second-order valence-corrected chi connectivity index (χ2v) is 8.88. The molecule has 27 heavy (non-hydrogen) atoms. The van der Waals surface area contributed by atoms with E-state index >= 15 is 0 Å². The number of H-pyrrole nitrogens is 1. The predicted molar refractivity (Wildman–Crippen MR) is 111 cm³/mol. The van der Waals surface area contributed by atoms with Crippen LogP contribution in [0.15, 0.2) is 36.5 Å². The molecular formula is C21H21N5S. The minimum absolute atomic E-state index is 0.333. The lowest BCUT2D eigenvalue weighted by Crippen LogP contribution is -2.33. The van der Waals surface area contributed by atoms with Crippen LogP contribution >= 0.6 is 11.3 Å². The number of anilines is 2. The number of thiazole rings is 1. The number of nitrogen functional groups attached to an aromatic ring is 1. The van der Waals surface area contributed by atoms with Crippen LogP contribution in [0.1, 0.15) is 48.8 Å². The normalized spacial score (nSPS) is 24.5. The molecule has 3 heterocycles. The van der Waals surface area contributed by atoms with E-state index in [-0.39, 0.29) is 0 Å². The van der Waals surface area contributed by atoms with Gasteiger partial charge in [0, 0.05) is 11.1 Å². The zero-order valence-corrected chi connectivity index (χ0v) is 15.7. The Morgan fingerprint density at radius 3 is 3.00 bits per heavy atom. The van der Waals surface area contributed by atoms with Gasteiger partial charge in [-0.25, -0.2) is 4.98 Å². The molecule has 0 bridgehead atoms. The molecule has 3 atom stereocenters. The van der Waals surface area contributed by atoms with E-state index in [1.165, 1.54) is 52.6 Å². The first-order valence-corrected chi connectivity index (χ1v) is 10.5. The van der Waals surface area contributed by atoms with E-state index in [1.807, 2.05) is 6.20 Å². The van der Waals surface area contributed by atoms with Crippen molar-refractivity contribution in [3.8, 4) is 0 Å². The Hall–Kier alpha value is -2.60. The van der Waals surface area contributed by atoms with E-state index in [0.717, 1.165) is 11.0 Å². The van der Waals surface area contributed by atoms with Gasteiger partial charge in [-0.1, -0.05) is 30.2 Å². The molecule has 2 aromatic carbocycles. The van der Waals surface area contributed by atoms with Gasteiger partial charge in [-0.15, -0.1) is 0 Å². The van der Waals surface area contributed by atoms with Crippen molar-refractivity contribution < 1.29 is 0 Å². The molecule has 4 N–H and O–H groups in total. The Bertz CT molecular complexity index is 1160. The van der Waals surface area contributed by atoms with Gasteiger partial charge in [-0.2, -0.15) is 5.10 Å². The van der Waals surface area contributed by atoms with Gasteiger partial charge in [0.1, 0.15) is 0 Å². The Labute approximate surface area is 161 Å². The molecule has 4 aromatic rings. The number of rotatable bonds is 1. The second kappa shape index (κ2) is 5.70. The van der Waals surface area contributed by atoms with Crippen molar-refractivity contribution in [2.75, 3.05) is 11.1 Å². The standard InChI is InChI=1S/C21H21N5S/c22-21-25-16-6-5-11(9-18(16)27-21)20-13-4-2-1-3-12(13)19-14-10-23-26-15(14)7-8-17(19)24-20/h5-10,12-13,20,24H,1-4H2,(H2,22,25)(H,23,26)/t12?,13-,20?/m1/s1. The molecule has 1 saturated carbocycles. The molecule has 0 radical (unpaired) electrons. The minimum Gasteiger partial charge on any atom is -0.378 e. The van der Waals surface area contributed by atoms with Crippen molar-refractivity contribution in [2.24, 2.45) is 5.92 Å². The third kappa shape index (κ3) is 2.29. The maximum absolute atomic E-state index is 5.91. The van der Waals surface area contributed by atoms with Crippen molar-refractivity contribution in [3.05, 3.63) is 47.7 Å². The van der Waals surface area contributed by atoms with Gasteiger partial charge in [0.15, 0.2) is 5.13 Å². The highest BCUT2D eigenvalue weighted by Crippen LogP contribution is 2.53. The average Bonchev–Trinajstić information content (AvgIpc) is 3.31. The van der Waals surface area contributed by atoms with E-state index in [0.29, 0.717) is 23.0 Å². The molecule has 1 aliphatic heterocycles. The molecule has 2 unspecified atom stereocenters. The van der Waals surface area contributed by atoms with E-state index in [1.54, 1.807) is 11.3 Å². The molecular weight excluding hydrogens is 354 g/mol. The van der Waals surface area contributed by atoms with E-state index in [4.69, 9.17) is 5.73 Å². The largest absolute Gasteiger partial charge is 0.378 e. The van der Waals surface area contributed by atoms with Crippen LogP contribution in [0.2, 0.25) is 0 Å². The summed E-state index contributed by atoms with van der Waals surface area (Å²) in [5.41, 5.74) is 12.1. The van der Waals surface area contributed by atoms with Crippen LogP contribution in [0, 0.1) is 5.92 Å². The third-order valence-corrected chi connectivity index (χ3v) is 7.23. The maximum Gasteiger partial charge on any atom is 0.181 e. The van der Waals surface area contributed by atoms with Crippen molar-refractivity contribution in [2.45, 2.75) is 37.6 Å². The topological polar surface area (TPSA) is 79.6 Å². The number of aromatic amines is 1. The number of benzene rings is 2. The van der Waals surface area contributed by atoms with Crippen LogP contribution in [-0.2, 0) is 0 Å². The summed E-state index contributed by atoms with van der Waals surface area (Å²) in [6, 6.07) is 11.3. The van der Waals surface area contributed by atoms with Gasteiger partial charge < -0.3 is 11.1 Å². The van der Waals surface area contributed by atoms with Crippen LogP contribution in [0.4, 0.5) is 10.8 Å². The highest BCUT2D eigenvalue weighted by molar-refractivity contribution is 7.22. The highest BCUT2D eigenvalue weighted by Gasteiger charge is 2.39. The van der Waals surface area contributed by atoms with Crippen LogP contribution in [0.5, 0.6) is 0 Å². The maximum atomic E-state index is 5.91. The van der Waals surface area contributed by atoms with Crippen LogP contribution < -0.4 is 11.1 Å². The molecule has 2 aromatic heterocycles. The fourth-order valence-electron chi connectivity index (χ4n) is 5.24. The highest BCUT2D eigenvalue weighted by atomic mass is 32.1. The average molecular weight is 376 g/mol. The van der Waals surface area contributed by atoms with Crippen molar-refractivity contribution in [1.29, 1.82) is 0 Å². The van der Waals surface area contributed by atoms with Crippen molar-refractivity contribution in [3.63, 3.8) is 0 Å². The minimum atomic E-state index is 0.333. The van der Waals surface area contributed by atoms with Crippen LogP contribution in [0.3, 0.4) is 0 Å². The van der Waals surface area contributed by atoms with Crippen molar-refractivity contribution in [1.82, 2.24) is 15.2 Å². The summed E-state index contributed by atoms with van der Waals surface area (Å²) in [4.78, 5) is 4.41. The van der Waals surface area contributed by atoms with Crippen molar-refractivity contribution >= 4 is 43.3 Å². The molecule has 136 valence electrons. The Morgan fingerprint density at radius 1 is 1.11 bits per heavy atom. The lowest BCUT2D eigenvalue weighted by Gasteiger charge is -2.44. The molecule has 1 aliphatic carbocycles. The molecule has 6 heteroatoms. The summed E-state index contributed by atoms with van der Waals surface area (Å²) in [5, 5.41) is 13.2. The van der Waals surface area contributed by atoms with Crippen LogP contribution in [-0.4, -0.2) is 15.2 Å². The summed E-state index contributed by atoms with van der Waals surface area (Å²) in [7, 11) is 0. The summed E-state index contributed by atoms with van der Waals surface area (Å²) < 4.78 is 1.18. The fraction of sp³-hybridized carbons (Fsp3) is 0.333. The number of fused-ring (bicyclic) bond motifs is 6. The Morgan fingerprint density at radius 2 is 2.04 bits per heavy atom. The second-order valence-electron chi connectivity index (χ2n) is 7.81. The van der Waals surface area contributed by atoms with Gasteiger partial charge in [0.2, 0.25) is 0 Å². The first kappa shape index (κ1) is 15.5. The Balaban J connectivity index is 1.51. The van der Waals surface area contributed by atoms with E-state index < -0.39 is 0 Å².